The molecule has 0 aliphatic carbocycles. The Labute approximate surface area is 126 Å². The van der Waals surface area contributed by atoms with Gasteiger partial charge in [0.15, 0.2) is 10.6 Å². The van der Waals surface area contributed by atoms with Gasteiger partial charge in [-0.05, 0) is 35.7 Å². The molecular weight excluding hydrogens is 284 g/mol. The summed E-state index contributed by atoms with van der Waals surface area (Å²) in [4.78, 5) is 16.8. The predicted molar refractivity (Wildman–Crippen MR) is 83.5 cm³/mol. The van der Waals surface area contributed by atoms with Gasteiger partial charge < -0.3 is 8.98 Å². The second-order valence-corrected chi connectivity index (χ2v) is 6.23. The van der Waals surface area contributed by atoms with Crippen LogP contribution in [0.4, 0.5) is 0 Å². The van der Waals surface area contributed by atoms with Crippen molar-refractivity contribution < 1.29 is 9.21 Å². The van der Waals surface area contributed by atoms with Crippen LogP contribution in [0.25, 0.3) is 10.2 Å². The highest BCUT2D eigenvalue weighted by molar-refractivity contribution is 7.16. The van der Waals surface area contributed by atoms with E-state index in [9.17, 15) is 4.79 Å². The molecule has 2 heterocycles. The predicted octanol–water partition coefficient (Wildman–Crippen LogP) is 3.70. The summed E-state index contributed by atoms with van der Waals surface area (Å²) in [5.74, 6) is 0.383. The number of thiazole rings is 1. The topological polar surface area (TPSA) is 47.5 Å². The Bertz CT molecular complexity index is 854. The van der Waals surface area contributed by atoms with Crippen molar-refractivity contribution in [2.24, 2.45) is 12.0 Å². The average Bonchev–Trinajstić information content (AvgIpc) is 3.08. The number of carbonyl (C=O) groups is 1. The number of hydrogen-bond donors (Lipinski definition) is 0. The van der Waals surface area contributed by atoms with Gasteiger partial charge in [-0.2, -0.15) is 4.99 Å². The summed E-state index contributed by atoms with van der Waals surface area (Å²) in [5.41, 5.74) is 2.36. The molecule has 0 aliphatic heterocycles. The van der Waals surface area contributed by atoms with Gasteiger partial charge >= 0.3 is 5.91 Å². The van der Waals surface area contributed by atoms with E-state index in [-0.39, 0.29) is 11.7 Å². The lowest BCUT2D eigenvalue weighted by Gasteiger charge is -2.04. The maximum Gasteiger partial charge on any atom is 0.315 e. The van der Waals surface area contributed by atoms with Crippen LogP contribution in [0.15, 0.2) is 46.0 Å². The summed E-state index contributed by atoms with van der Waals surface area (Å²) in [6, 6.07) is 9.68. The summed E-state index contributed by atoms with van der Waals surface area (Å²) < 4.78 is 8.15. The van der Waals surface area contributed by atoms with Gasteiger partial charge in [0.2, 0.25) is 0 Å². The minimum atomic E-state index is -0.355. The van der Waals surface area contributed by atoms with Gasteiger partial charge in [-0.1, -0.05) is 31.3 Å². The fourth-order valence-electron chi connectivity index (χ4n) is 2.16. The second kappa shape index (κ2) is 5.33. The number of furan rings is 1. The number of carbonyl (C=O) groups excluding carboxylic acids is 1. The molecule has 3 rings (SSSR count). The lowest BCUT2D eigenvalue weighted by molar-refractivity contribution is 0.0971. The van der Waals surface area contributed by atoms with Gasteiger partial charge in [-0.15, -0.1) is 0 Å². The molecule has 4 nitrogen and oxygen atoms in total. The zero-order valence-corrected chi connectivity index (χ0v) is 13.0. The number of hydrogen-bond acceptors (Lipinski definition) is 3. The Morgan fingerprint density at radius 2 is 2.14 bits per heavy atom. The molecule has 0 aliphatic rings. The van der Waals surface area contributed by atoms with Gasteiger partial charge in [-0.25, -0.2) is 0 Å². The molecule has 5 heteroatoms. The molecule has 21 heavy (non-hydrogen) atoms. The van der Waals surface area contributed by atoms with Crippen molar-refractivity contribution >= 4 is 27.5 Å². The van der Waals surface area contributed by atoms with E-state index in [1.165, 1.54) is 23.2 Å². The number of amides is 1. The van der Waals surface area contributed by atoms with Gasteiger partial charge in [0.05, 0.1) is 16.5 Å². The standard InChI is InChI=1S/C16H16N2O2S/c1-10(2)11-6-7-12-14(9-11)21-16(18(12)3)17-15(19)13-5-4-8-20-13/h4-10H,1-3H3. The fraction of sp³-hybridized carbons (Fsp3) is 0.250. The van der Waals surface area contributed by atoms with Crippen molar-refractivity contribution in [1.82, 2.24) is 4.57 Å². The van der Waals surface area contributed by atoms with Crippen LogP contribution in [0.1, 0.15) is 35.9 Å². The van der Waals surface area contributed by atoms with Gasteiger partial charge in [0, 0.05) is 7.05 Å². The number of aromatic nitrogens is 1. The van der Waals surface area contributed by atoms with E-state index in [4.69, 9.17) is 4.42 Å². The Kier molecular flexibility index (Phi) is 3.51. The zero-order valence-electron chi connectivity index (χ0n) is 12.2. The summed E-state index contributed by atoms with van der Waals surface area (Å²) in [6.07, 6.45) is 1.47. The van der Waals surface area contributed by atoms with Crippen molar-refractivity contribution in [3.8, 4) is 0 Å². The van der Waals surface area contributed by atoms with E-state index in [1.54, 1.807) is 12.1 Å². The van der Waals surface area contributed by atoms with Crippen molar-refractivity contribution in [2.75, 3.05) is 0 Å². The first-order valence-electron chi connectivity index (χ1n) is 6.78. The van der Waals surface area contributed by atoms with E-state index in [2.05, 4.69) is 37.0 Å². The highest BCUT2D eigenvalue weighted by atomic mass is 32.1. The molecular formula is C16H16N2O2S. The Hall–Kier alpha value is -2.14. The fourth-order valence-corrected chi connectivity index (χ4v) is 3.22. The van der Waals surface area contributed by atoms with Crippen LogP contribution in [0.2, 0.25) is 0 Å². The number of aryl methyl sites for hydroxylation is 1. The lowest BCUT2D eigenvalue weighted by Crippen LogP contribution is -2.12. The number of rotatable bonds is 2. The summed E-state index contributed by atoms with van der Waals surface area (Å²) in [7, 11) is 1.92. The molecule has 2 aromatic heterocycles. The molecule has 0 atom stereocenters. The number of benzene rings is 1. The monoisotopic (exact) mass is 300 g/mol. The average molecular weight is 300 g/mol. The number of fused-ring (bicyclic) bond motifs is 1. The van der Waals surface area contributed by atoms with E-state index in [0.717, 1.165) is 10.2 Å². The SMILES string of the molecule is CC(C)c1ccc2c(c1)sc(=NC(=O)c1ccco1)n2C. The number of nitrogens with zero attached hydrogens (tertiary/aromatic N) is 2. The highest BCUT2D eigenvalue weighted by Gasteiger charge is 2.10. The van der Waals surface area contributed by atoms with Crippen LogP contribution in [0.5, 0.6) is 0 Å². The quantitative estimate of drug-likeness (QED) is 0.724. The molecule has 1 aromatic carbocycles. The Morgan fingerprint density at radius 1 is 1.33 bits per heavy atom. The van der Waals surface area contributed by atoms with Crippen LogP contribution >= 0.6 is 11.3 Å². The van der Waals surface area contributed by atoms with E-state index >= 15 is 0 Å². The largest absolute Gasteiger partial charge is 0.459 e. The molecule has 1 amide bonds. The normalized spacial score (nSPS) is 12.5. The summed E-state index contributed by atoms with van der Waals surface area (Å²) in [6.45, 7) is 4.33. The van der Waals surface area contributed by atoms with Crippen molar-refractivity contribution in [2.45, 2.75) is 19.8 Å². The molecule has 0 spiro atoms. The Balaban J connectivity index is 2.11. The van der Waals surface area contributed by atoms with E-state index < -0.39 is 0 Å². The highest BCUT2D eigenvalue weighted by Crippen LogP contribution is 2.23. The second-order valence-electron chi connectivity index (χ2n) is 5.22. The maximum atomic E-state index is 12.0. The molecule has 0 unspecified atom stereocenters. The van der Waals surface area contributed by atoms with Crippen molar-refractivity contribution in [3.63, 3.8) is 0 Å². The third-order valence-electron chi connectivity index (χ3n) is 3.43. The first kappa shape index (κ1) is 13.8. The smallest absolute Gasteiger partial charge is 0.315 e. The molecule has 0 radical (unpaired) electrons. The molecule has 0 saturated heterocycles. The van der Waals surface area contributed by atoms with Crippen LogP contribution in [-0.4, -0.2) is 10.5 Å². The van der Waals surface area contributed by atoms with Crippen molar-refractivity contribution in [1.29, 1.82) is 0 Å². The summed E-state index contributed by atoms with van der Waals surface area (Å²) >= 11 is 1.51. The van der Waals surface area contributed by atoms with Crippen molar-refractivity contribution in [3.05, 3.63) is 52.7 Å². The van der Waals surface area contributed by atoms with Crippen LogP contribution in [0, 0.1) is 0 Å². The zero-order chi connectivity index (χ0) is 15.0. The molecule has 0 bridgehead atoms. The molecule has 108 valence electrons. The van der Waals surface area contributed by atoms with Gasteiger partial charge in [0.1, 0.15) is 0 Å². The first-order chi connectivity index (χ1) is 10.1. The maximum absolute atomic E-state index is 12.0. The van der Waals surface area contributed by atoms with E-state index in [0.29, 0.717) is 10.7 Å². The first-order valence-corrected chi connectivity index (χ1v) is 7.60. The minimum Gasteiger partial charge on any atom is -0.459 e. The van der Waals surface area contributed by atoms with E-state index in [1.807, 2.05) is 11.6 Å². The van der Waals surface area contributed by atoms with Crippen LogP contribution in [0.3, 0.4) is 0 Å². The van der Waals surface area contributed by atoms with Crippen LogP contribution in [-0.2, 0) is 7.05 Å². The molecule has 0 saturated carbocycles. The van der Waals surface area contributed by atoms with Crippen LogP contribution < -0.4 is 4.80 Å². The van der Waals surface area contributed by atoms with Gasteiger partial charge in [-0.3, -0.25) is 4.79 Å². The van der Waals surface area contributed by atoms with Gasteiger partial charge in [0.25, 0.3) is 0 Å². The molecule has 0 N–H and O–H groups in total. The molecule has 3 aromatic rings. The third-order valence-corrected chi connectivity index (χ3v) is 4.52. The minimum absolute atomic E-state index is 0.260. The molecule has 0 fully saturated rings. The lowest BCUT2D eigenvalue weighted by atomic mass is 10.0. The third kappa shape index (κ3) is 2.56. The Morgan fingerprint density at radius 3 is 2.81 bits per heavy atom. The summed E-state index contributed by atoms with van der Waals surface area (Å²) in [5, 5.41) is 0.